The maximum absolute atomic E-state index is 12.7. The van der Waals surface area contributed by atoms with Crippen molar-refractivity contribution in [3.8, 4) is 11.5 Å². The molecule has 1 saturated heterocycles. The molecule has 0 spiro atoms. The number of nitro benzene ring substituents is 1. The Balaban J connectivity index is 1.66. The maximum Gasteiger partial charge on any atom is 0.315 e. The summed E-state index contributed by atoms with van der Waals surface area (Å²) < 4.78 is 5.00. The number of hydrogen-bond donors (Lipinski definition) is 1. The van der Waals surface area contributed by atoms with E-state index in [1.54, 1.807) is 0 Å². The molecule has 2 bridgehead atoms. The predicted octanol–water partition coefficient (Wildman–Crippen LogP) is 1.84. The number of imide groups is 1. The Morgan fingerprint density at radius 3 is 2.30 bits per heavy atom. The van der Waals surface area contributed by atoms with E-state index in [-0.39, 0.29) is 35.0 Å². The zero-order chi connectivity index (χ0) is 19.3. The standard InChI is InChI=1S/C18H17N3O6/c1-27-12-6-11(16(22)13(7-12)21(25)26)8-19-20-17(23)14-9-2-3-10(5-4-9)15(14)18(20)24/h2-3,6-10,14-15,22H,4-5H2,1H3/b19-8-/t9-,10-,14+,15+/m0/s1. The van der Waals surface area contributed by atoms with Crippen LogP contribution in [0.3, 0.4) is 0 Å². The number of phenolic OH excluding ortho intramolecular Hbond substituents is 1. The predicted molar refractivity (Wildman–Crippen MR) is 93.1 cm³/mol. The minimum atomic E-state index is -0.751. The van der Waals surface area contributed by atoms with Crippen LogP contribution in [0.15, 0.2) is 29.4 Å². The Hall–Kier alpha value is -3.23. The number of nitro groups is 1. The number of rotatable bonds is 4. The van der Waals surface area contributed by atoms with Crippen LogP contribution in [0.5, 0.6) is 11.5 Å². The lowest BCUT2D eigenvalue weighted by molar-refractivity contribution is -0.385. The average molecular weight is 371 g/mol. The van der Waals surface area contributed by atoms with Crippen LogP contribution in [0.25, 0.3) is 0 Å². The van der Waals surface area contributed by atoms with E-state index in [0.29, 0.717) is 0 Å². The summed E-state index contributed by atoms with van der Waals surface area (Å²) in [7, 11) is 1.33. The largest absolute Gasteiger partial charge is 0.502 e. The van der Waals surface area contributed by atoms with Gasteiger partial charge in [0, 0.05) is 5.56 Å². The highest BCUT2D eigenvalue weighted by Gasteiger charge is 2.56. The van der Waals surface area contributed by atoms with Gasteiger partial charge in [-0.25, -0.2) is 0 Å². The van der Waals surface area contributed by atoms with Gasteiger partial charge in [0.1, 0.15) is 5.75 Å². The molecule has 1 aliphatic heterocycles. The first-order valence-corrected chi connectivity index (χ1v) is 8.58. The van der Waals surface area contributed by atoms with E-state index in [1.807, 2.05) is 12.2 Å². The van der Waals surface area contributed by atoms with Crippen molar-refractivity contribution in [2.75, 3.05) is 7.11 Å². The number of allylic oxidation sites excluding steroid dienone is 2. The van der Waals surface area contributed by atoms with E-state index in [9.17, 15) is 24.8 Å². The Morgan fingerprint density at radius 1 is 1.22 bits per heavy atom. The summed E-state index contributed by atoms with van der Waals surface area (Å²) in [5.74, 6) is -1.89. The number of carbonyl (C=O) groups excluding carboxylic acids is 2. The van der Waals surface area contributed by atoms with Crippen molar-refractivity contribution in [1.82, 2.24) is 5.01 Å². The van der Waals surface area contributed by atoms with Crippen molar-refractivity contribution in [1.29, 1.82) is 0 Å². The molecule has 0 radical (unpaired) electrons. The fraction of sp³-hybridized carbons (Fsp3) is 0.389. The second-order valence-corrected chi connectivity index (χ2v) is 6.92. The highest BCUT2D eigenvalue weighted by atomic mass is 16.6. The lowest BCUT2D eigenvalue weighted by Gasteiger charge is -2.37. The van der Waals surface area contributed by atoms with E-state index >= 15 is 0 Å². The second kappa shape index (κ2) is 6.19. The molecule has 140 valence electrons. The van der Waals surface area contributed by atoms with Gasteiger partial charge in [0.2, 0.25) is 5.75 Å². The summed E-state index contributed by atoms with van der Waals surface area (Å²) in [6, 6.07) is 2.42. The van der Waals surface area contributed by atoms with Gasteiger partial charge in [-0.3, -0.25) is 19.7 Å². The molecule has 2 fully saturated rings. The van der Waals surface area contributed by atoms with Crippen molar-refractivity contribution in [2.45, 2.75) is 12.8 Å². The fourth-order valence-corrected chi connectivity index (χ4v) is 4.26. The van der Waals surface area contributed by atoms with Crippen molar-refractivity contribution >= 4 is 23.7 Å². The van der Waals surface area contributed by atoms with Crippen molar-refractivity contribution < 1.29 is 24.4 Å². The number of benzene rings is 1. The third-order valence-electron chi connectivity index (χ3n) is 5.57. The number of hydrogen-bond acceptors (Lipinski definition) is 7. The van der Waals surface area contributed by atoms with E-state index in [4.69, 9.17) is 4.74 Å². The van der Waals surface area contributed by atoms with Gasteiger partial charge < -0.3 is 9.84 Å². The first-order chi connectivity index (χ1) is 12.9. The van der Waals surface area contributed by atoms with E-state index < -0.39 is 28.2 Å². The maximum atomic E-state index is 12.7. The molecule has 0 unspecified atom stereocenters. The van der Waals surface area contributed by atoms with Gasteiger partial charge in [-0.05, 0) is 30.7 Å². The number of methoxy groups -OCH3 is 1. The molecule has 0 aromatic heterocycles. The topological polar surface area (TPSA) is 122 Å². The molecule has 27 heavy (non-hydrogen) atoms. The van der Waals surface area contributed by atoms with Crippen molar-refractivity contribution in [3.63, 3.8) is 0 Å². The molecule has 4 atom stereocenters. The molecule has 1 heterocycles. The van der Waals surface area contributed by atoms with Crippen LogP contribution in [0, 0.1) is 33.8 Å². The van der Waals surface area contributed by atoms with Crippen LogP contribution >= 0.6 is 0 Å². The molecule has 1 aromatic rings. The number of hydrazone groups is 1. The first kappa shape index (κ1) is 17.2. The van der Waals surface area contributed by atoms with Gasteiger partial charge in [0.15, 0.2) is 0 Å². The number of ether oxygens (including phenoxy) is 1. The highest BCUT2D eigenvalue weighted by Crippen LogP contribution is 2.49. The summed E-state index contributed by atoms with van der Waals surface area (Å²) >= 11 is 0. The van der Waals surface area contributed by atoms with Gasteiger partial charge in [0.05, 0.1) is 36.1 Å². The molecule has 1 N–H and O–H groups in total. The molecule has 1 aromatic carbocycles. The lowest BCUT2D eigenvalue weighted by atomic mass is 9.63. The smallest absolute Gasteiger partial charge is 0.315 e. The SMILES string of the molecule is COc1cc(/C=N\N2C(=O)[C@H]3[C@H](C2=O)[C@H]2C=C[C@H]3CC2)c(O)c([N+](=O)[O-])c1. The molecule has 5 rings (SSSR count). The zero-order valence-corrected chi connectivity index (χ0v) is 14.4. The second-order valence-electron chi connectivity index (χ2n) is 6.92. The summed E-state index contributed by atoms with van der Waals surface area (Å²) in [6.07, 6.45) is 6.84. The number of phenols is 1. The number of nitrogens with zero attached hydrogens (tertiary/aromatic N) is 3. The Bertz CT molecular complexity index is 877. The molecule has 4 aliphatic rings. The average Bonchev–Trinajstić information content (AvgIpc) is 2.94. The molecule has 9 heteroatoms. The number of carbonyl (C=O) groups is 2. The molecule has 2 amide bonds. The summed E-state index contributed by atoms with van der Waals surface area (Å²) in [5, 5.41) is 26.0. The number of aromatic hydroxyl groups is 1. The quantitative estimate of drug-likeness (QED) is 0.283. The molecule has 9 nitrogen and oxygen atoms in total. The Labute approximate surface area is 154 Å². The lowest BCUT2D eigenvalue weighted by Crippen LogP contribution is -2.38. The van der Waals surface area contributed by atoms with Crippen LogP contribution in [0.4, 0.5) is 5.69 Å². The minimum absolute atomic E-state index is 0.0161. The molecular weight excluding hydrogens is 354 g/mol. The van der Waals surface area contributed by atoms with Gasteiger partial charge >= 0.3 is 5.69 Å². The normalized spacial score (nSPS) is 28.9. The van der Waals surface area contributed by atoms with Gasteiger partial charge in [-0.2, -0.15) is 10.1 Å². The van der Waals surface area contributed by atoms with E-state index in [2.05, 4.69) is 5.10 Å². The summed E-state index contributed by atoms with van der Waals surface area (Å²) in [4.78, 5) is 35.7. The number of amides is 2. The van der Waals surface area contributed by atoms with Crippen LogP contribution in [0.2, 0.25) is 0 Å². The van der Waals surface area contributed by atoms with E-state index in [1.165, 1.54) is 13.2 Å². The van der Waals surface area contributed by atoms with Crippen LogP contribution in [0.1, 0.15) is 18.4 Å². The van der Waals surface area contributed by atoms with Gasteiger partial charge in [0.25, 0.3) is 11.8 Å². The van der Waals surface area contributed by atoms with Gasteiger partial charge in [-0.1, -0.05) is 12.2 Å². The molecule has 3 aliphatic carbocycles. The molecular formula is C18H17N3O6. The van der Waals surface area contributed by atoms with Crippen LogP contribution in [-0.2, 0) is 9.59 Å². The third-order valence-corrected chi connectivity index (χ3v) is 5.57. The summed E-state index contributed by atoms with van der Waals surface area (Å²) in [6.45, 7) is 0. The van der Waals surface area contributed by atoms with Gasteiger partial charge in [-0.15, -0.1) is 0 Å². The van der Waals surface area contributed by atoms with E-state index in [0.717, 1.165) is 30.1 Å². The van der Waals surface area contributed by atoms with Crippen LogP contribution in [-0.4, -0.2) is 40.2 Å². The third kappa shape index (κ3) is 2.57. The van der Waals surface area contributed by atoms with Crippen LogP contribution < -0.4 is 4.74 Å². The Kier molecular flexibility index (Phi) is 3.94. The Morgan fingerprint density at radius 2 is 1.81 bits per heavy atom. The first-order valence-electron chi connectivity index (χ1n) is 8.58. The molecule has 1 saturated carbocycles. The minimum Gasteiger partial charge on any atom is -0.502 e. The van der Waals surface area contributed by atoms with Crippen molar-refractivity contribution in [2.24, 2.45) is 28.8 Å². The monoisotopic (exact) mass is 371 g/mol. The number of fused-ring (bicyclic) bond motifs is 1. The highest BCUT2D eigenvalue weighted by molar-refractivity contribution is 6.06. The fourth-order valence-electron chi connectivity index (χ4n) is 4.26. The summed E-state index contributed by atoms with van der Waals surface area (Å²) in [5.41, 5.74) is -0.566. The van der Waals surface area contributed by atoms with Crippen molar-refractivity contribution in [3.05, 3.63) is 40.0 Å². The zero-order valence-electron chi connectivity index (χ0n) is 14.4.